The molecule has 1 N–H and O–H groups in total. The molecule has 0 saturated heterocycles. The molecule has 0 aliphatic carbocycles. The van der Waals surface area contributed by atoms with Gasteiger partial charge in [0.2, 0.25) is 5.91 Å². The fourth-order valence-corrected chi connectivity index (χ4v) is 3.90. The fourth-order valence-electron chi connectivity index (χ4n) is 3.14. The van der Waals surface area contributed by atoms with Crippen LogP contribution in [0.2, 0.25) is 0 Å². The molecule has 3 aromatic rings. The Labute approximate surface area is 168 Å². The van der Waals surface area contributed by atoms with E-state index in [0.29, 0.717) is 10.6 Å². The van der Waals surface area contributed by atoms with Gasteiger partial charge in [0.25, 0.3) is 0 Å². The van der Waals surface area contributed by atoms with Crippen molar-refractivity contribution in [1.82, 2.24) is 4.90 Å². The molecule has 2 aromatic carbocycles. The Balaban J connectivity index is 1.77. The van der Waals surface area contributed by atoms with Gasteiger partial charge in [-0.3, -0.25) is 9.69 Å². The summed E-state index contributed by atoms with van der Waals surface area (Å²) in [4.78, 5) is 26.8. The Bertz CT molecular complexity index is 886. The number of carbonyl (C=O) groups is 2. The highest BCUT2D eigenvalue weighted by Gasteiger charge is 2.22. The lowest BCUT2D eigenvalue weighted by Gasteiger charge is -2.28. The minimum atomic E-state index is -0.454. The predicted molar refractivity (Wildman–Crippen MR) is 112 cm³/mol. The summed E-state index contributed by atoms with van der Waals surface area (Å²) in [7, 11) is 3.24. The number of methoxy groups -OCH3 is 1. The fraction of sp³-hybridized carbons (Fsp3) is 0.182. The van der Waals surface area contributed by atoms with Crippen LogP contribution in [-0.2, 0) is 9.53 Å². The van der Waals surface area contributed by atoms with Crippen LogP contribution < -0.4 is 5.32 Å². The van der Waals surface area contributed by atoms with E-state index in [9.17, 15) is 9.59 Å². The first-order valence-electron chi connectivity index (χ1n) is 8.86. The second kappa shape index (κ2) is 9.30. The molecule has 1 aromatic heterocycles. The summed E-state index contributed by atoms with van der Waals surface area (Å²) in [5.41, 5.74) is 2.69. The number of thiophene rings is 1. The number of hydrogen-bond acceptors (Lipinski definition) is 5. The van der Waals surface area contributed by atoms with Crippen LogP contribution in [0.5, 0.6) is 0 Å². The van der Waals surface area contributed by atoms with Crippen LogP contribution in [0, 0.1) is 0 Å². The van der Waals surface area contributed by atoms with Gasteiger partial charge in [0, 0.05) is 0 Å². The van der Waals surface area contributed by atoms with E-state index < -0.39 is 5.97 Å². The van der Waals surface area contributed by atoms with Crippen molar-refractivity contribution in [3.63, 3.8) is 0 Å². The highest BCUT2D eigenvalue weighted by atomic mass is 32.1. The van der Waals surface area contributed by atoms with Gasteiger partial charge in [-0.05, 0) is 29.6 Å². The van der Waals surface area contributed by atoms with Crippen molar-refractivity contribution in [3.05, 3.63) is 88.1 Å². The molecule has 0 unspecified atom stereocenters. The third kappa shape index (κ3) is 4.65. The molecule has 0 radical (unpaired) electrons. The summed E-state index contributed by atoms with van der Waals surface area (Å²) in [6.45, 7) is 0.172. The van der Waals surface area contributed by atoms with Crippen LogP contribution in [0.25, 0.3) is 0 Å². The molecule has 1 heterocycles. The lowest BCUT2D eigenvalue weighted by atomic mass is 9.97. The minimum absolute atomic E-state index is 0.0595. The third-order valence-electron chi connectivity index (χ3n) is 4.37. The van der Waals surface area contributed by atoms with E-state index in [2.05, 4.69) is 29.6 Å². The van der Waals surface area contributed by atoms with E-state index in [-0.39, 0.29) is 18.5 Å². The van der Waals surface area contributed by atoms with Gasteiger partial charge in [-0.15, -0.1) is 11.3 Å². The Kier molecular flexibility index (Phi) is 6.57. The van der Waals surface area contributed by atoms with E-state index in [4.69, 9.17) is 4.74 Å². The lowest BCUT2D eigenvalue weighted by Crippen LogP contribution is -2.34. The largest absolute Gasteiger partial charge is 0.465 e. The van der Waals surface area contributed by atoms with Gasteiger partial charge in [-0.25, -0.2) is 4.79 Å². The number of amides is 1. The number of carbonyl (C=O) groups excluding carboxylic acids is 2. The number of benzene rings is 2. The molecule has 5 nitrogen and oxygen atoms in total. The molecule has 6 heteroatoms. The van der Waals surface area contributed by atoms with Crippen LogP contribution in [0.3, 0.4) is 0 Å². The molecule has 0 bridgehead atoms. The van der Waals surface area contributed by atoms with Gasteiger partial charge in [-0.1, -0.05) is 60.7 Å². The van der Waals surface area contributed by atoms with Gasteiger partial charge in [0.15, 0.2) is 0 Å². The lowest BCUT2D eigenvalue weighted by molar-refractivity contribution is -0.117. The number of ether oxygens (including phenoxy) is 1. The number of nitrogens with one attached hydrogen (secondary N) is 1. The van der Waals surface area contributed by atoms with Crippen molar-refractivity contribution >= 4 is 28.9 Å². The van der Waals surface area contributed by atoms with Gasteiger partial charge in [0.1, 0.15) is 4.88 Å². The first-order chi connectivity index (χ1) is 13.6. The van der Waals surface area contributed by atoms with Crippen molar-refractivity contribution in [1.29, 1.82) is 0 Å². The number of esters is 1. The van der Waals surface area contributed by atoms with Crippen LogP contribution in [0.1, 0.15) is 26.8 Å². The average Bonchev–Trinajstić information content (AvgIpc) is 3.17. The van der Waals surface area contributed by atoms with E-state index in [1.165, 1.54) is 18.4 Å². The van der Waals surface area contributed by atoms with Crippen molar-refractivity contribution in [2.45, 2.75) is 6.04 Å². The van der Waals surface area contributed by atoms with Gasteiger partial charge in [-0.2, -0.15) is 0 Å². The number of anilines is 1. The molecule has 28 heavy (non-hydrogen) atoms. The number of rotatable bonds is 7. The highest BCUT2D eigenvalue weighted by Crippen LogP contribution is 2.28. The van der Waals surface area contributed by atoms with E-state index in [1.54, 1.807) is 11.4 Å². The van der Waals surface area contributed by atoms with Crippen LogP contribution >= 0.6 is 11.3 Å². The third-order valence-corrected chi connectivity index (χ3v) is 5.27. The second-order valence-electron chi connectivity index (χ2n) is 6.34. The standard InChI is InChI=1S/C22H22N2O3S/c1-24(15-19(25)23-18-13-14-28-21(18)22(26)27-2)20(16-9-5-3-6-10-16)17-11-7-4-8-12-17/h3-14,20H,15H2,1-2H3,(H,23,25). The zero-order chi connectivity index (χ0) is 19.9. The summed E-state index contributed by atoms with van der Waals surface area (Å²) in [5.74, 6) is -0.645. The SMILES string of the molecule is COC(=O)c1sccc1NC(=O)CN(C)C(c1ccccc1)c1ccccc1. The van der Waals surface area contributed by atoms with Crippen LogP contribution in [0.15, 0.2) is 72.1 Å². The Morgan fingerprint density at radius 2 is 1.57 bits per heavy atom. The number of likely N-dealkylation sites (N-methyl/N-ethyl adjacent to an activating group) is 1. The van der Waals surface area contributed by atoms with Gasteiger partial charge < -0.3 is 10.1 Å². The topological polar surface area (TPSA) is 58.6 Å². The molecule has 0 atom stereocenters. The van der Waals surface area contributed by atoms with Crippen LogP contribution in [-0.4, -0.2) is 37.5 Å². The summed E-state index contributed by atoms with van der Waals surface area (Å²) < 4.78 is 4.76. The smallest absolute Gasteiger partial charge is 0.350 e. The van der Waals surface area contributed by atoms with E-state index >= 15 is 0 Å². The maximum Gasteiger partial charge on any atom is 0.350 e. The maximum atomic E-state index is 12.7. The van der Waals surface area contributed by atoms with Crippen LogP contribution in [0.4, 0.5) is 5.69 Å². The molecule has 144 valence electrons. The zero-order valence-electron chi connectivity index (χ0n) is 15.8. The normalized spacial score (nSPS) is 10.9. The molecule has 0 saturated carbocycles. The molecule has 0 aliphatic rings. The Hall–Kier alpha value is -2.96. The molecule has 0 fully saturated rings. The first-order valence-corrected chi connectivity index (χ1v) is 9.74. The zero-order valence-corrected chi connectivity index (χ0v) is 16.6. The second-order valence-corrected chi connectivity index (χ2v) is 7.26. The number of nitrogens with zero attached hydrogens (tertiary/aromatic N) is 1. The highest BCUT2D eigenvalue weighted by molar-refractivity contribution is 7.12. The first kappa shape index (κ1) is 19.8. The minimum Gasteiger partial charge on any atom is -0.465 e. The predicted octanol–water partition coefficient (Wildman–Crippen LogP) is 4.19. The van der Waals surface area contributed by atoms with E-state index in [1.807, 2.05) is 48.3 Å². The van der Waals surface area contributed by atoms with Crippen molar-refractivity contribution in [2.75, 3.05) is 26.0 Å². The van der Waals surface area contributed by atoms with Gasteiger partial charge in [0.05, 0.1) is 25.4 Å². The monoisotopic (exact) mass is 394 g/mol. The number of hydrogen-bond donors (Lipinski definition) is 1. The Morgan fingerprint density at radius 1 is 1.00 bits per heavy atom. The summed E-state index contributed by atoms with van der Waals surface area (Å²) >= 11 is 1.24. The Morgan fingerprint density at radius 3 is 2.11 bits per heavy atom. The molecule has 3 rings (SSSR count). The maximum absolute atomic E-state index is 12.7. The summed E-state index contributed by atoms with van der Waals surface area (Å²) in [6, 6.07) is 21.8. The summed E-state index contributed by atoms with van der Waals surface area (Å²) in [6.07, 6.45) is 0. The summed E-state index contributed by atoms with van der Waals surface area (Å²) in [5, 5.41) is 4.58. The molecular formula is C22H22N2O3S. The van der Waals surface area contributed by atoms with Crippen molar-refractivity contribution in [3.8, 4) is 0 Å². The molecule has 0 spiro atoms. The quantitative estimate of drug-likeness (QED) is 0.611. The van der Waals surface area contributed by atoms with E-state index in [0.717, 1.165) is 11.1 Å². The van der Waals surface area contributed by atoms with Crippen molar-refractivity contribution in [2.24, 2.45) is 0 Å². The average molecular weight is 394 g/mol. The molecular weight excluding hydrogens is 372 g/mol. The van der Waals surface area contributed by atoms with Gasteiger partial charge >= 0.3 is 5.97 Å². The van der Waals surface area contributed by atoms with Crippen molar-refractivity contribution < 1.29 is 14.3 Å². The molecule has 0 aliphatic heterocycles. The molecule has 1 amide bonds.